The molecule has 1 aromatic heterocycles. The monoisotopic (exact) mass is 252 g/mol. The van der Waals surface area contributed by atoms with E-state index in [4.69, 9.17) is 4.52 Å². The fourth-order valence-corrected chi connectivity index (χ4v) is 2.36. The van der Waals surface area contributed by atoms with Crippen LogP contribution in [0.5, 0.6) is 0 Å². The highest BCUT2D eigenvalue weighted by atomic mass is 16.5. The van der Waals surface area contributed by atoms with Gasteiger partial charge < -0.3 is 15.2 Å². The van der Waals surface area contributed by atoms with Gasteiger partial charge in [0.15, 0.2) is 5.82 Å². The zero-order chi connectivity index (χ0) is 13.0. The van der Waals surface area contributed by atoms with E-state index < -0.39 is 0 Å². The van der Waals surface area contributed by atoms with Crippen LogP contribution in [0.1, 0.15) is 37.9 Å². The Hall–Kier alpha value is -1.43. The highest BCUT2D eigenvalue weighted by Crippen LogP contribution is 2.22. The molecule has 100 valence electrons. The Labute approximate surface area is 107 Å². The Morgan fingerprint density at radius 1 is 1.61 bits per heavy atom. The number of hydrogen-bond donors (Lipinski definition) is 2. The highest BCUT2D eigenvalue weighted by molar-refractivity contribution is 5.86. The highest BCUT2D eigenvalue weighted by Gasteiger charge is 2.38. The Morgan fingerprint density at radius 3 is 3.00 bits per heavy atom. The molecule has 1 saturated heterocycles. The summed E-state index contributed by atoms with van der Waals surface area (Å²) in [6.07, 6.45) is 3.39. The standard InChI is InChI=1S/C12H20N4O2/c1-3-12(6-4-7-14-12)11(17)13-8-5-10-15-9(2)18-16-10/h14H,3-8H2,1-2H3,(H,13,17). The minimum absolute atomic E-state index is 0.0858. The second-order valence-electron chi connectivity index (χ2n) is 4.70. The van der Waals surface area contributed by atoms with E-state index in [1.807, 2.05) is 6.92 Å². The van der Waals surface area contributed by atoms with E-state index in [1.165, 1.54) is 0 Å². The Kier molecular flexibility index (Phi) is 3.96. The van der Waals surface area contributed by atoms with Gasteiger partial charge in [0.05, 0.1) is 5.54 Å². The van der Waals surface area contributed by atoms with Crippen molar-refractivity contribution in [3.63, 3.8) is 0 Å². The molecule has 6 nitrogen and oxygen atoms in total. The van der Waals surface area contributed by atoms with E-state index in [-0.39, 0.29) is 11.4 Å². The summed E-state index contributed by atoms with van der Waals surface area (Å²) >= 11 is 0. The molecule has 6 heteroatoms. The molecule has 0 bridgehead atoms. The van der Waals surface area contributed by atoms with Crippen LogP contribution in [0.15, 0.2) is 4.52 Å². The maximum atomic E-state index is 12.2. The summed E-state index contributed by atoms with van der Waals surface area (Å²) in [6.45, 7) is 5.26. The summed E-state index contributed by atoms with van der Waals surface area (Å²) in [5.74, 6) is 1.28. The molecule has 0 aromatic carbocycles. The van der Waals surface area contributed by atoms with Crippen LogP contribution >= 0.6 is 0 Å². The second kappa shape index (κ2) is 5.48. The van der Waals surface area contributed by atoms with E-state index in [0.29, 0.717) is 24.7 Å². The van der Waals surface area contributed by atoms with Crippen LogP contribution < -0.4 is 10.6 Å². The number of amides is 1. The zero-order valence-electron chi connectivity index (χ0n) is 11.0. The smallest absolute Gasteiger partial charge is 0.240 e. The van der Waals surface area contributed by atoms with Crippen molar-refractivity contribution in [1.29, 1.82) is 0 Å². The number of aryl methyl sites for hydroxylation is 1. The average molecular weight is 252 g/mol. The van der Waals surface area contributed by atoms with E-state index >= 15 is 0 Å². The first-order valence-electron chi connectivity index (χ1n) is 6.49. The van der Waals surface area contributed by atoms with Crippen LogP contribution in [-0.2, 0) is 11.2 Å². The third-order valence-corrected chi connectivity index (χ3v) is 3.49. The van der Waals surface area contributed by atoms with Crippen LogP contribution in [0.3, 0.4) is 0 Å². The van der Waals surface area contributed by atoms with Crippen LogP contribution in [0.25, 0.3) is 0 Å². The van der Waals surface area contributed by atoms with Gasteiger partial charge >= 0.3 is 0 Å². The van der Waals surface area contributed by atoms with E-state index in [9.17, 15) is 4.79 Å². The summed E-state index contributed by atoms with van der Waals surface area (Å²) < 4.78 is 4.88. The lowest BCUT2D eigenvalue weighted by atomic mass is 9.93. The quantitative estimate of drug-likeness (QED) is 0.800. The molecule has 0 saturated carbocycles. The molecule has 2 rings (SSSR count). The lowest BCUT2D eigenvalue weighted by molar-refractivity contribution is -0.127. The lowest BCUT2D eigenvalue weighted by Gasteiger charge is -2.26. The van der Waals surface area contributed by atoms with Crippen LogP contribution in [0, 0.1) is 6.92 Å². The Bertz CT molecular complexity index is 410. The summed E-state index contributed by atoms with van der Waals surface area (Å²) in [5.41, 5.74) is -0.368. The molecule has 18 heavy (non-hydrogen) atoms. The van der Waals surface area contributed by atoms with Crippen molar-refractivity contribution in [2.24, 2.45) is 0 Å². The van der Waals surface area contributed by atoms with Gasteiger partial charge in [-0.1, -0.05) is 12.1 Å². The minimum atomic E-state index is -0.368. The van der Waals surface area contributed by atoms with Gasteiger partial charge in [0, 0.05) is 19.9 Å². The van der Waals surface area contributed by atoms with Crippen molar-refractivity contribution < 1.29 is 9.32 Å². The lowest BCUT2D eigenvalue weighted by Crippen LogP contribution is -2.53. The molecule has 2 heterocycles. The number of nitrogens with one attached hydrogen (secondary N) is 2. The van der Waals surface area contributed by atoms with Crippen molar-refractivity contribution >= 4 is 5.91 Å². The zero-order valence-corrected chi connectivity index (χ0v) is 11.0. The number of rotatable bonds is 5. The van der Waals surface area contributed by atoms with Crippen LogP contribution in [0.4, 0.5) is 0 Å². The predicted molar refractivity (Wildman–Crippen MR) is 66.0 cm³/mol. The van der Waals surface area contributed by atoms with Gasteiger partial charge in [-0.15, -0.1) is 0 Å². The van der Waals surface area contributed by atoms with Crippen molar-refractivity contribution in [3.05, 3.63) is 11.7 Å². The Morgan fingerprint density at radius 2 is 2.44 bits per heavy atom. The SMILES string of the molecule is CCC1(C(=O)NCCc2noc(C)n2)CCCN1. The van der Waals surface area contributed by atoms with Crippen molar-refractivity contribution in [3.8, 4) is 0 Å². The molecule has 0 aliphatic carbocycles. The van der Waals surface area contributed by atoms with E-state index in [0.717, 1.165) is 25.8 Å². The first-order chi connectivity index (χ1) is 8.66. The van der Waals surface area contributed by atoms with Crippen molar-refractivity contribution in [2.45, 2.75) is 45.1 Å². The third kappa shape index (κ3) is 2.69. The second-order valence-corrected chi connectivity index (χ2v) is 4.70. The van der Waals surface area contributed by atoms with E-state index in [1.54, 1.807) is 6.92 Å². The maximum absolute atomic E-state index is 12.2. The van der Waals surface area contributed by atoms with Crippen molar-refractivity contribution in [1.82, 2.24) is 20.8 Å². The molecule has 1 aliphatic heterocycles. The van der Waals surface area contributed by atoms with Gasteiger partial charge in [-0.2, -0.15) is 4.98 Å². The number of nitrogens with zero attached hydrogens (tertiary/aromatic N) is 2. The first kappa shape index (κ1) is 13.0. The summed E-state index contributed by atoms with van der Waals surface area (Å²) in [5, 5.41) is 10.1. The van der Waals surface area contributed by atoms with Gasteiger partial charge in [0.25, 0.3) is 0 Å². The molecule has 1 atom stereocenters. The number of aromatic nitrogens is 2. The van der Waals surface area contributed by atoms with Crippen LogP contribution in [0.2, 0.25) is 0 Å². The molecular weight excluding hydrogens is 232 g/mol. The molecular formula is C12H20N4O2. The van der Waals surface area contributed by atoms with Gasteiger partial charge in [-0.3, -0.25) is 4.79 Å². The van der Waals surface area contributed by atoms with Gasteiger partial charge in [-0.25, -0.2) is 0 Å². The first-order valence-corrected chi connectivity index (χ1v) is 6.49. The molecule has 0 radical (unpaired) electrons. The predicted octanol–water partition coefficient (Wildman–Crippen LogP) is 0.569. The molecule has 2 N–H and O–H groups in total. The average Bonchev–Trinajstić information content (AvgIpc) is 2.99. The molecule has 1 amide bonds. The molecule has 1 aliphatic rings. The molecule has 1 fully saturated rings. The third-order valence-electron chi connectivity index (χ3n) is 3.49. The minimum Gasteiger partial charge on any atom is -0.354 e. The maximum Gasteiger partial charge on any atom is 0.240 e. The normalized spacial score (nSPS) is 23.2. The van der Waals surface area contributed by atoms with Crippen LogP contribution in [-0.4, -0.2) is 34.7 Å². The van der Waals surface area contributed by atoms with Gasteiger partial charge in [-0.05, 0) is 25.8 Å². The van der Waals surface area contributed by atoms with Gasteiger partial charge in [0.2, 0.25) is 11.8 Å². The number of carbonyl (C=O) groups excluding carboxylic acids is 1. The molecule has 1 unspecified atom stereocenters. The topological polar surface area (TPSA) is 80.1 Å². The fraction of sp³-hybridized carbons (Fsp3) is 0.750. The van der Waals surface area contributed by atoms with Crippen molar-refractivity contribution in [2.75, 3.05) is 13.1 Å². The fourth-order valence-electron chi connectivity index (χ4n) is 2.36. The summed E-state index contributed by atoms with van der Waals surface area (Å²) in [4.78, 5) is 16.3. The Balaban J connectivity index is 1.81. The number of carbonyl (C=O) groups is 1. The molecule has 1 aromatic rings. The summed E-state index contributed by atoms with van der Waals surface area (Å²) in [6, 6.07) is 0. The summed E-state index contributed by atoms with van der Waals surface area (Å²) in [7, 11) is 0. The molecule has 0 spiro atoms. The van der Waals surface area contributed by atoms with E-state index in [2.05, 4.69) is 20.8 Å². The van der Waals surface area contributed by atoms with Gasteiger partial charge in [0.1, 0.15) is 0 Å². The largest absolute Gasteiger partial charge is 0.354 e. The number of hydrogen-bond acceptors (Lipinski definition) is 5.